The van der Waals surface area contributed by atoms with Crippen LogP contribution in [0.5, 0.6) is 5.75 Å². The zero-order valence-corrected chi connectivity index (χ0v) is 8.51. The van der Waals surface area contributed by atoms with Crippen molar-refractivity contribution in [3.8, 4) is 5.75 Å². The van der Waals surface area contributed by atoms with E-state index in [0.29, 0.717) is 11.4 Å². The van der Waals surface area contributed by atoms with Crippen LogP contribution in [-0.2, 0) is 11.2 Å². The van der Waals surface area contributed by atoms with E-state index >= 15 is 0 Å². The smallest absolute Gasteiger partial charge is 0.303 e. The molecular weight excluding hydrogens is 204 g/mol. The number of carboxylic acid groups (broad SMARTS) is 1. The van der Waals surface area contributed by atoms with Gasteiger partial charge in [0.1, 0.15) is 5.75 Å². The van der Waals surface area contributed by atoms with E-state index in [4.69, 9.17) is 16.7 Å². The minimum atomic E-state index is -0.839. The molecule has 14 heavy (non-hydrogen) atoms. The van der Waals surface area contributed by atoms with Crippen LogP contribution in [0.3, 0.4) is 0 Å². The molecule has 0 saturated carbocycles. The number of benzene rings is 1. The van der Waals surface area contributed by atoms with E-state index in [1.54, 1.807) is 13.0 Å². The number of hydrogen-bond acceptors (Lipinski definition) is 2. The molecule has 0 aromatic heterocycles. The van der Waals surface area contributed by atoms with Gasteiger partial charge in [-0.1, -0.05) is 17.7 Å². The van der Waals surface area contributed by atoms with E-state index in [2.05, 4.69) is 0 Å². The largest absolute Gasteiger partial charge is 0.506 e. The maximum atomic E-state index is 10.4. The molecule has 0 fully saturated rings. The minimum Gasteiger partial charge on any atom is -0.506 e. The molecule has 0 spiro atoms. The van der Waals surface area contributed by atoms with Crippen LogP contribution >= 0.6 is 11.6 Å². The Morgan fingerprint density at radius 3 is 2.71 bits per heavy atom. The number of halogens is 1. The molecule has 0 heterocycles. The van der Waals surface area contributed by atoms with E-state index in [-0.39, 0.29) is 12.2 Å². The first-order chi connectivity index (χ1) is 6.52. The van der Waals surface area contributed by atoms with Crippen LogP contribution in [0.4, 0.5) is 0 Å². The third-order valence-electron chi connectivity index (χ3n) is 2.09. The molecule has 0 amide bonds. The van der Waals surface area contributed by atoms with E-state index in [9.17, 15) is 9.90 Å². The molecule has 4 heteroatoms. The molecule has 0 aliphatic rings. The standard InChI is InChI=1S/C10H11ClO3/c1-6-7(3-5-9(13)14)2-4-8(12)10(6)11/h2,4,12H,3,5H2,1H3,(H,13,14). The fourth-order valence-electron chi connectivity index (χ4n) is 1.22. The fraction of sp³-hybridized carbons (Fsp3) is 0.300. The molecule has 0 aliphatic heterocycles. The number of carbonyl (C=O) groups is 1. The molecule has 0 radical (unpaired) electrons. The van der Waals surface area contributed by atoms with Crippen molar-refractivity contribution in [2.75, 3.05) is 0 Å². The second-order valence-electron chi connectivity index (χ2n) is 3.08. The molecule has 0 bridgehead atoms. The number of carboxylic acids is 1. The third kappa shape index (κ3) is 2.39. The van der Waals surface area contributed by atoms with Crippen molar-refractivity contribution in [1.82, 2.24) is 0 Å². The molecule has 1 rings (SSSR count). The lowest BCUT2D eigenvalue weighted by atomic mass is 10.0. The van der Waals surface area contributed by atoms with Gasteiger partial charge in [-0.25, -0.2) is 0 Å². The van der Waals surface area contributed by atoms with Gasteiger partial charge in [0.2, 0.25) is 0 Å². The summed E-state index contributed by atoms with van der Waals surface area (Å²) in [5.74, 6) is -0.808. The summed E-state index contributed by atoms with van der Waals surface area (Å²) in [6, 6.07) is 3.17. The Hall–Kier alpha value is -1.22. The zero-order valence-electron chi connectivity index (χ0n) is 7.75. The maximum absolute atomic E-state index is 10.4. The molecule has 76 valence electrons. The molecule has 0 unspecified atom stereocenters. The van der Waals surface area contributed by atoms with Gasteiger partial charge in [0.05, 0.1) is 5.02 Å². The molecular formula is C10H11ClO3. The zero-order chi connectivity index (χ0) is 10.7. The second kappa shape index (κ2) is 4.33. The van der Waals surface area contributed by atoms with Gasteiger partial charge < -0.3 is 10.2 Å². The minimum absolute atomic E-state index is 0.0308. The Kier molecular flexibility index (Phi) is 3.36. The van der Waals surface area contributed by atoms with Crippen molar-refractivity contribution in [3.05, 3.63) is 28.3 Å². The topological polar surface area (TPSA) is 57.5 Å². The summed E-state index contributed by atoms with van der Waals surface area (Å²) in [6.45, 7) is 1.76. The van der Waals surface area contributed by atoms with Crippen LogP contribution in [0, 0.1) is 6.92 Å². The average molecular weight is 215 g/mol. The van der Waals surface area contributed by atoms with Gasteiger partial charge >= 0.3 is 5.97 Å². The number of aliphatic carboxylic acids is 1. The summed E-state index contributed by atoms with van der Waals surface area (Å²) in [6.07, 6.45) is 0.503. The Morgan fingerprint density at radius 1 is 1.50 bits per heavy atom. The fourth-order valence-corrected chi connectivity index (χ4v) is 1.41. The van der Waals surface area contributed by atoms with Gasteiger partial charge in [-0.15, -0.1) is 0 Å². The van der Waals surface area contributed by atoms with E-state index in [1.165, 1.54) is 6.07 Å². The van der Waals surface area contributed by atoms with Crippen molar-refractivity contribution < 1.29 is 15.0 Å². The number of aromatic hydroxyl groups is 1. The van der Waals surface area contributed by atoms with Gasteiger partial charge in [-0.2, -0.15) is 0 Å². The van der Waals surface area contributed by atoms with Crippen molar-refractivity contribution in [3.63, 3.8) is 0 Å². The van der Waals surface area contributed by atoms with Crippen LogP contribution in [0.1, 0.15) is 17.5 Å². The molecule has 0 aliphatic carbocycles. The Labute approximate surface area is 86.9 Å². The molecule has 2 N–H and O–H groups in total. The van der Waals surface area contributed by atoms with Gasteiger partial charge in [0.15, 0.2) is 0 Å². The summed E-state index contributed by atoms with van der Waals surface area (Å²) in [7, 11) is 0. The first-order valence-corrected chi connectivity index (χ1v) is 4.59. The first kappa shape index (κ1) is 10.9. The SMILES string of the molecule is Cc1c(CCC(=O)O)ccc(O)c1Cl. The van der Waals surface area contributed by atoms with Crippen LogP contribution in [-0.4, -0.2) is 16.2 Å². The van der Waals surface area contributed by atoms with Crippen LogP contribution in [0.25, 0.3) is 0 Å². The van der Waals surface area contributed by atoms with Crippen LogP contribution in [0.15, 0.2) is 12.1 Å². The highest BCUT2D eigenvalue weighted by Crippen LogP contribution is 2.29. The van der Waals surface area contributed by atoms with Crippen LogP contribution in [0.2, 0.25) is 5.02 Å². The molecule has 1 aromatic carbocycles. The van der Waals surface area contributed by atoms with Crippen molar-refractivity contribution in [2.24, 2.45) is 0 Å². The monoisotopic (exact) mass is 214 g/mol. The Balaban J connectivity index is 2.88. The van der Waals surface area contributed by atoms with Crippen molar-refractivity contribution in [2.45, 2.75) is 19.8 Å². The van der Waals surface area contributed by atoms with E-state index in [0.717, 1.165) is 11.1 Å². The van der Waals surface area contributed by atoms with Crippen LogP contribution < -0.4 is 0 Å². The van der Waals surface area contributed by atoms with Crippen molar-refractivity contribution in [1.29, 1.82) is 0 Å². The molecule has 0 saturated heterocycles. The number of hydrogen-bond donors (Lipinski definition) is 2. The summed E-state index contributed by atoms with van der Waals surface area (Å²) < 4.78 is 0. The third-order valence-corrected chi connectivity index (χ3v) is 2.56. The number of phenolic OH excluding ortho intramolecular Hbond substituents is 1. The summed E-state index contributed by atoms with van der Waals surface area (Å²) in [5.41, 5.74) is 1.60. The number of rotatable bonds is 3. The van der Waals surface area contributed by atoms with Gasteiger partial charge in [0, 0.05) is 6.42 Å². The lowest BCUT2D eigenvalue weighted by molar-refractivity contribution is -0.136. The van der Waals surface area contributed by atoms with Gasteiger partial charge in [-0.3, -0.25) is 4.79 Å². The highest BCUT2D eigenvalue weighted by molar-refractivity contribution is 6.32. The summed E-state index contributed by atoms with van der Waals surface area (Å²) in [4.78, 5) is 10.4. The molecule has 0 atom stereocenters. The number of aryl methyl sites for hydroxylation is 1. The normalized spacial score (nSPS) is 10.1. The van der Waals surface area contributed by atoms with Gasteiger partial charge in [-0.05, 0) is 30.5 Å². The van der Waals surface area contributed by atoms with E-state index in [1.807, 2.05) is 0 Å². The average Bonchev–Trinajstić information content (AvgIpc) is 2.13. The van der Waals surface area contributed by atoms with E-state index < -0.39 is 5.97 Å². The van der Waals surface area contributed by atoms with Crippen molar-refractivity contribution >= 4 is 17.6 Å². The lowest BCUT2D eigenvalue weighted by Gasteiger charge is -2.07. The quantitative estimate of drug-likeness (QED) is 0.812. The second-order valence-corrected chi connectivity index (χ2v) is 3.45. The van der Waals surface area contributed by atoms with Gasteiger partial charge in [0.25, 0.3) is 0 Å². The summed E-state index contributed by atoms with van der Waals surface area (Å²) >= 11 is 5.80. The predicted octanol–water partition coefficient (Wildman–Crippen LogP) is 2.37. The summed E-state index contributed by atoms with van der Waals surface area (Å²) in [5, 5.41) is 18.1. The predicted molar refractivity (Wildman–Crippen MR) is 53.8 cm³/mol. The highest BCUT2D eigenvalue weighted by atomic mass is 35.5. The maximum Gasteiger partial charge on any atom is 0.303 e. The Bertz CT molecular complexity index is 361. The molecule has 3 nitrogen and oxygen atoms in total. The highest BCUT2D eigenvalue weighted by Gasteiger charge is 2.08. The number of phenols is 1. The molecule has 1 aromatic rings. The Morgan fingerprint density at radius 2 is 2.14 bits per heavy atom. The lowest BCUT2D eigenvalue weighted by Crippen LogP contribution is -1.99. The first-order valence-electron chi connectivity index (χ1n) is 4.21.